The lowest BCUT2D eigenvalue weighted by Gasteiger charge is -2.32. The summed E-state index contributed by atoms with van der Waals surface area (Å²) in [6, 6.07) is 12.0. The maximum absolute atomic E-state index is 13.4. The second-order valence-electron chi connectivity index (χ2n) is 10.2. The van der Waals surface area contributed by atoms with Crippen molar-refractivity contribution in [1.29, 1.82) is 0 Å². The molecule has 0 bridgehead atoms. The Morgan fingerprint density at radius 1 is 1.06 bits per heavy atom. The molecule has 2 amide bonds. The second-order valence-corrected chi connectivity index (χ2v) is 12.5. The molecule has 0 unspecified atom stereocenters. The molecule has 1 N–H and O–H groups in total. The predicted octanol–water partition coefficient (Wildman–Crippen LogP) is 4.84. The normalized spacial score (nSPS) is 12.7. The Morgan fingerprint density at radius 3 is 2.25 bits per heavy atom. The van der Waals surface area contributed by atoms with Crippen molar-refractivity contribution in [1.82, 2.24) is 10.2 Å². The van der Waals surface area contributed by atoms with Crippen LogP contribution in [0.25, 0.3) is 0 Å². The Kier molecular flexibility index (Phi) is 9.97. The minimum Gasteiger partial charge on any atom is -0.350 e. The molecule has 0 saturated heterocycles. The van der Waals surface area contributed by atoms with Crippen LogP contribution in [0, 0.1) is 13.8 Å². The first-order valence-electron chi connectivity index (χ1n) is 12.0. The fourth-order valence-corrected chi connectivity index (χ4v) is 4.90. The molecule has 0 aliphatic carbocycles. The smallest absolute Gasteiger partial charge is 0.242 e. The van der Waals surface area contributed by atoms with E-state index < -0.39 is 21.6 Å². The van der Waals surface area contributed by atoms with Crippen LogP contribution in [0.5, 0.6) is 0 Å². The van der Waals surface area contributed by atoms with Gasteiger partial charge in [0.1, 0.15) is 6.04 Å². The number of nitrogens with one attached hydrogen (secondary N) is 1. The molecule has 0 fully saturated rings. The topological polar surface area (TPSA) is 86.8 Å². The maximum atomic E-state index is 13.4. The summed E-state index contributed by atoms with van der Waals surface area (Å²) < 4.78 is 26.3. The summed E-state index contributed by atoms with van der Waals surface area (Å²) >= 11 is 6.34. The first kappa shape index (κ1) is 29.6. The molecule has 9 heteroatoms. The molecule has 2 rings (SSSR count). The highest BCUT2D eigenvalue weighted by atomic mass is 35.5. The zero-order valence-corrected chi connectivity index (χ0v) is 23.8. The third-order valence-corrected chi connectivity index (χ3v) is 7.46. The van der Waals surface area contributed by atoms with E-state index in [0.29, 0.717) is 17.1 Å². The number of anilines is 1. The SMILES string of the molecule is Cc1ccc(N(CCCC(=O)N(Cc2ccccc2Cl)[C@H](C)C(=O)NC(C)(C)C)S(C)(=O)=O)cc1C. The molecular weight excluding hydrogens is 498 g/mol. The van der Waals surface area contributed by atoms with Crippen LogP contribution in [0.3, 0.4) is 0 Å². The van der Waals surface area contributed by atoms with Crippen molar-refractivity contribution in [2.45, 2.75) is 72.5 Å². The quantitative estimate of drug-likeness (QED) is 0.472. The molecule has 0 aromatic heterocycles. The van der Waals surface area contributed by atoms with Crippen LogP contribution in [0.1, 0.15) is 57.2 Å². The summed E-state index contributed by atoms with van der Waals surface area (Å²) in [6.07, 6.45) is 1.53. The van der Waals surface area contributed by atoms with Crippen molar-refractivity contribution >= 4 is 39.1 Å². The summed E-state index contributed by atoms with van der Waals surface area (Å²) in [5.74, 6) is -0.518. The van der Waals surface area contributed by atoms with E-state index in [-0.39, 0.29) is 31.3 Å². The molecule has 2 aromatic carbocycles. The zero-order valence-electron chi connectivity index (χ0n) is 22.3. The Balaban J connectivity index is 2.22. The molecule has 0 aliphatic heterocycles. The van der Waals surface area contributed by atoms with Crippen LogP contribution < -0.4 is 9.62 Å². The van der Waals surface area contributed by atoms with Crippen LogP contribution in [0.4, 0.5) is 5.69 Å². The van der Waals surface area contributed by atoms with E-state index in [1.165, 1.54) is 9.21 Å². The van der Waals surface area contributed by atoms with Gasteiger partial charge >= 0.3 is 0 Å². The standard InChI is InChI=1S/C27H38ClN3O4S/c1-19-14-15-23(17-20(19)2)31(36(7,34)35)16-10-13-25(32)30(18-22-11-8-9-12-24(22)28)21(3)26(33)29-27(4,5)6/h8-9,11-12,14-15,17,21H,10,13,16,18H2,1-7H3,(H,29,33)/t21-/m1/s1. The van der Waals surface area contributed by atoms with Crippen molar-refractivity contribution in [2.24, 2.45) is 0 Å². The summed E-state index contributed by atoms with van der Waals surface area (Å²) in [5.41, 5.74) is 2.91. The van der Waals surface area contributed by atoms with Gasteiger partial charge in [-0.3, -0.25) is 13.9 Å². The van der Waals surface area contributed by atoms with Gasteiger partial charge in [0, 0.05) is 30.1 Å². The third kappa shape index (κ3) is 8.52. The Hall–Kier alpha value is -2.58. The summed E-state index contributed by atoms with van der Waals surface area (Å²) in [4.78, 5) is 27.8. The molecule has 0 radical (unpaired) electrons. The van der Waals surface area contributed by atoms with Gasteiger partial charge in [0.05, 0.1) is 11.9 Å². The molecule has 7 nitrogen and oxygen atoms in total. The van der Waals surface area contributed by atoms with E-state index in [9.17, 15) is 18.0 Å². The molecule has 0 aliphatic rings. The minimum absolute atomic E-state index is 0.0778. The van der Waals surface area contributed by atoms with Crippen LogP contribution in [-0.4, -0.2) is 49.5 Å². The van der Waals surface area contributed by atoms with Gasteiger partial charge in [0.15, 0.2) is 0 Å². The van der Waals surface area contributed by atoms with Crippen LogP contribution in [0.15, 0.2) is 42.5 Å². The van der Waals surface area contributed by atoms with E-state index in [1.807, 2.05) is 58.9 Å². The number of carbonyl (C=O) groups is 2. The molecule has 1 atom stereocenters. The monoisotopic (exact) mass is 535 g/mol. The minimum atomic E-state index is -3.54. The summed E-state index contributed by atoms with van der Waals surface area (Å²) in [7, 11) is -3.54. The lowest BCUT2D eigenvalue weighted by atomic mass is 10.1. The Labute approximate surface area is 220 Å². The summed E-state index contributed by atoms with van der Waals surface area (Å²) in [5, 5.41) is 3.44. The number of sulfonamides is 1. The van der Waals surface area contributed by atoms with Crippen molar-refractivity contribution in [3.8, 4) is 0 Å². The third-order valence-electron chi connectivity index (χ3n) is 5.89. The molecule has 0 heterocycles. The highest BCUT2D eigenvalue weighted by Crippen LogP contribution is 2.23. The average Bonchev–Trinajstić information content (AvgIpc) is 2.75. The van der Waals surface area contributed by atoms with Gasteiger partial charge in [-0.15, -0.1) is 0 Å². The largest absolute Gasteiger partial charge is 0.350 e. The second kappa shape index (κ2) is 12.1. The first-order valence-corrected chi connectivity index (χ1v) is 14.2. The number of nitrogens with zero attached hydrogens (tertiary/aromatic N) is 2. The Bertz CT molecular complexity index is 1190. The lowest BCUT2D eigenvalue weighted by molar-refractivity contribution is -0.141. The van der Waals surface area contributed by atoms with E-state index in [4.69, 9.17) is 11.6 Å². The van der Waals surface area contributed by atoms with Gasteiger partial charge in [-0.1, -0.05) is 35.9 Å². The van der Waals surface area contributed by atoms with Gasteiger partial charge in [0.2, 0.25) is 21.8 Å². The molecule has 2 aromatic rings. The molecule has 198 valence electrons. The first-order chi connectivity index (χ1) is 16.6. The van der Waals surface area contributed by atoms with Crippen molar-refractivity contribution < 1.29 is 18.0 Å². The number of carbonyl (C=O) groups excluding carboxylic acids is 2. The maximum Gasteiger partial charge on any atom is 0.242 e. The number of hydrogen-bond donors (Lipinski definition) is 1. The van der Waals surface area contributed by atoms with Crippen molar-refractivity contribution in [2.75, 3.05) is 17.1 Å². The highest BCUT2D eigenvalue weighted by molar-refractivity contribution is 7.92. The van der Waals surface area contributed by atoms with Crippen LogP contribution in [0.2, 0.25) is 5.02 Å². The van der Waals surface area contributed by atoms with Gasteiger partial charge in [-0.25, -0.2) is 8.42 Å². The van der Waals surface area contributed by atoms with E-state index in [0.717, 1.165) is 22.9 Å². The number of hydrogen-bond acceptors (Lipinski definition) is 4. The fraction of sp³-hybridized carbons (Fsp3) is 0.481. The number of amides is 2. The number of rotatable bonds is 10. The lowest BCUT2D eigenvalue weighted by Crippen LogP contribution is -2.52. The Morgan fingerprint density at radius 2 is 1.69 bits per heavy atom. The van der Waals surface area contributed by atoms with Gasteiger partial charge in [-0.2, -0.15) is 0 Å². The number of benzene rings is 2. The van der Waals surface area contributed by atoms with Gasteiger partial charge in [0.25, 0.3) is 0 Å². The molecule has 0 saturated carbocycles. The van der Waals surface area contributed by atoms with Crippen molar-refractivity contribution in [3.05, 3.63) is 64.2 Å². The number of halogens is 1. The molecule has 36 heavy (non-hydrogen) atoms. The highest BCUT2D eigenvalue weighted by Gasteiger charge is 2.29. The molecule has 0 spiro atoms. The van der Waals surface area contributed by atoms with E-state index >= 15 is 0 Å². The average molecular weight is 536 g/mol. The van der Waals surface area contributed by atoms with Gasteiger partial charge < -0.3 is 10.2 Å². The van der Waals surface area contributed by atoms with Crippen LogP contribution >= 0.6 is 11.6 Å². The van der Waals surface area contributed by atoms with Gasteiger partial charge in [-0.05, 0) is 82.9 Å². The summed E-state index contributed by atoms with van der Waals surface area (Å²) in [6.45, 7) is 11.5. The fourth-order valence-electron chi connectivity index (χ4n) is 3.75. The van der Waals surface area contributed by atoms with E-state index in [1.54, 1.807) is 25.1 Å². The van der Waals surface area contributed by atoms with Crippen LogP contribution in [-0.2, 0) is 26.2 Å². The zero-order chi connectivity index (χ0) is 27.3. The van der Waals surface area contributed by atoms with E-state index in [2.05, 4.69) is 5.32 Å². The van der Waals surface area contributed by atoms with Crippen molar-refractivity contribution in [3.63, 3.8) is 0 Å². The number of aryl methyl sites for hydroxylation is 2. The predicted molar refractivity (Wildman–Crippen MR) is 147 cm³/mol. The molecular formula is C27H38ClN3O4S.